The van der Waals surface area contributed by atoms with E-state index in [-0.39, 0.29) is 5.91 Å². The van der Waals surface area contributed by atoms with Gasteiger partial charge in [0.25, 0.3) is 5.91 Å². The van der Waals surface area contributed by atoms with E-state index in [2.05, 4.69) is 15.3 Å². The number of hydrogen-bond acceptors (Lipinski definition) is 6. The Kier molecular flexibility index (Phi) is 6.07. The number of thioether (sulfide) groups is 1. The predicted octanol–water partition coefficient (Wildman–Crippen LogP) is 6.46. The lowest BCUT2D eigenvalue weighted by Gasteiger charge is -2.04. The summed E-state index contributed by atoms with van der Waals surface area (Å²) in [5.74, 6) is 0.634. The smallest absolute Gasteiger partial charge is 0.257 e. The molecule has 140 valence electrons. The highest BCUT2D eigenvalue weighted by molar-refractivity contribution is 7.98. The zero-order valence-electron chi connectivity index (χ0n) is 14.5. The average molecular weight is 444 g/mol. The molecule has 4 aromatic rings. The third-order valence-corrected chi connectivity index (χ3v) is 6.63. The molecular formula is C20H14ClN3OS3. The van der Waals surface area contributed by atoms with Crippen LogP contribution in [0.3, 0.4) is 0 Å². The van der Waals surface area contributed by atoms with Crippen molar-refractivity contribution in [3.8, 4) is 11.3 Å². The van der Waals surface area contributed by atoms with Gasteiger partial charge in [-0.3, -0.25) is 10.1 Å². The molecule has 0 unspecified atom stereocenters. The van der Waals surface area contributed by atoms with Crippen molar-refractivity contribution in [1.29, 1.82) is 0 Å². The van der Waals surface area contributed by atoms with E-state index >= 15 is 0 Å². The van der Waals surface area contributed by atoms with Crippen LogP contribution in [0.4, 0.5) is 5.13 Å². The van der Waals surface area contributed by atoms with Crippen LogP contribution in [0.5, 0.6) is 0 Å². The minimum absolute atomic E-state index is 0.184. The summed E-state index contributed by atoms with van der Waals surface area (Å²) in [4.78, 5) is 22.3. The van der Waals surface area contributed by atoms with Crippen LogP contribution >= 0.6 is 46.0 Å². The number of rotatable bonds is 6. The molecule has 1 amide bonds. The van der Waals surface area contributed by atoms with Crippen LogP contribution in [0.15, 0.2) is 69.7 Å². The number of nitrogens with zero attached hydrogens (tertiary/aromatic N) is 2. The molecular weight excluding hydrogens is 430 g/mol. The van der Waals surface area contributed by atoms with Gasteiger partial charge in [-0.1, -0.05) is 29.8 Å². The first kappa shape index (κ1) is 19.1. The molecule has 0 aliphatic rings. The molecule has 0 fully saturated rings. The van der Waals surface area contributed by atoms with Crippen LogP contribution in [0.1, 0.15) is 16.1 Å². The second kappa shape index (κ2) is 8.87. The van der Waals surface area contributed by atoms with E-state index in [4.69, 9.17) is 11.6 Å². The zero-order chi connectivity index (χ0) is 19.3. The maximum atomic E-state index is 12.5. The van der Waals surface area contributed by atoms with Crippen LogP contribution in [0, 0.1) is 0 Å². The number of carbonyl (C=O) groups is 1. The van der Waals surface area contributed by atoms with Gasteiger partial charge in [0.1, 0.15) is 0 Å². The van der Waals surface area contributed by atoms with E-state index in [1.165, 1.54) is 11.3 Å². The van der Waals surface area contributed by atoms with Gasteiger partial charge in [-0.25, -0.2) is 9.97 Å². The lowest BCUT2D eigenvalue weighted by atomic mass is 10.2. The Morgan fingerprint density at radius 1 is 1.11 bits per heavy atom. The molecule has 2 aromatic carbocycles. The molecule has 0 saturated carbocycles. The highest BCUT2D eigenvalue weighted by atomic mass is 35.5. The molecule has 0 aliphatic heterocycles. The maximum Gasteiger partial charge on any atom is 0.257 e. The largest absolute Gasteiger partial charge is 0.298 e. The quantitative estimate of drug-likeness (QED) is 0.347. The molecule has 2 heterocycles. The fourth-order valence-electron chi connectivity index (χ4n) is 2.46. The number of amides is 1. The van der Waals surface area contributed by atoms with Gasteiger partial charge in [0.05, 0.1) is 16.9 Å². The topological polar surface area (TPSA) is 54.9 Å². The third kappa shape index (κ3) is 4.62. The van der Waals surface area contributed by atoms with Gasteiger partial charge < -0.3 is 0 Å². The van der Waals surface area contributed by atoms with E-state index in [1.807, 2.05) is 64.8 Å². The molecule has 8 heteroatoms. The lowest BCUT2D eigenvalue weighted by Crippen LogP contribution is -2.11. The van der Waals surface area contributed by atoms with Crippen molar-refractivity contribution >= 4 is 57.1 Å². The molecule has 28 heavy (non-hydrogen) atoms. The molecule has 2 aromatic heterocycles. The summed E-state index contributed by atoms with van der Waals surface area (Å²) >= 11 is 10.9. The van der Waals surface area contributed by atoms with Gasteiger partial charge >= 0.3 is 0 Å². The molecule has 4 nitrogen and oxygen atoms in total. The van der Waals surface area contributed by atoms with E-state index in [1.54, 1.807) is 23.1 Å². The highest BCUT2D eigenvalue weighted by Gasteiger charge is 2.11. The van der Waals surface area contributed by atoms with Gasteiger partial charge in [0, 0.05) is 37.6 Å². The SMILES string of the molecule is O=C(Nc1nc(-c2ccccc2Cl)cs1)c1ccc(SCc2cscn2)cc1. The minimum atomic E-state index is -0.184. The van der Waals surface area contributed by atoms with E-state index in [0.29, 0.717) is 15.7 Å². The maximum absolute atomic E-state index is 12.5. The summed E-state index contributed by atoms with van der Waals surface area (Å²) in [6.45, 7) is 0. The highest BCUT2D eigenvalue weighted by Crippen LogP contribution is 2.30. The van der Waals surface area contributed by atoms with Crippen molar-refractivity contribution < 1.29 is 4.79 Å². The van der Waals surface area contributed by atoms with Gasteiger partial charge in [0.2, 0.25) is 0 Å². The molecule has 0 atom stereocenters. The number of anilines is 1. The van der Waals surface area contributed by atoms with Gasteiger partial charge in [-0.15, -0.1) is 34.4 Å². The van der Waals surface area contributed by atoms with Crippen LogP contribution in [0.25, 0.3) is 11.3 Å². The number of benzene rings is 2. The summed E-state index contributed by atoms with van der Waals surface area (Å²) < 4.78 is 0. The Morgan fingerprint density at radius 2 is 1.93 bits per heavy atom. The Morgan fingerprint density at radius 3 is 2.68 bits per heavy atom. The fourth-order valence-corrected chi connectivity index (χ4v) is 4.86. The van der Waals surface area contributed by atoms with Crippen molar-refractivity contribution in [2.75, 3.05) is 5.32 Å². The van der Waals surface area contributed by atoms with Gasteiger partial charge in [-0.2, -0.15) is 0 Å². The van der Waals surface area contributed by atoms with Crippen molar-refractivity contribution in [3.63, 3.8) is 0 Å². The minimum Gasteiger partial charge on any atom is -0.298 e. The predicted molar refractivity (Wildman–Crippen MR) is 119 cm³/mol. The van der Waals surface area contributed by atoms with E-state index < -0.39 is 0 Å². The Hall–Kier alpha value is -2.19. The Bertz CT molecular complexity index is 1080. The van der Waals surface area contributed by atoms with Crippen LogP contribution < -0.4 is 5.32 Å². The van der Waals surface area contributed by atoms with Crippen molar-refractivity contribution in [2.24, 2.45) is 0 Å². The molecule has 0 bridgehead atoms. The summed E-state index contributed by atoms with van der Waals surface area (Å²) in [7, 11) is 0. The van der Waals surface area contributed by atoms with Crippen LogP contribution in [-0.2, 0) is 5.75 Å². The molecule has 1 N–H and O–H groups in total. The van der Waals surface area contributed by atoms with Gasteiger partial charge in [0.15, 0.2) is 5.13 Å². The second-order valence-electron chi connectivity index (χ2n) is 5.76. The van der Waals surface area contributed by atoms with E-state index in [9.17, 15) is 4.79 Å². The number of aromatic nitrogens is 2. The molecule has 0 saturated heterocycles. The van der Waals surface area contributed by atoms with Gasteiger partial charge in [-0.05, 0) is 30.3 Å². The monoisotopic (exact) mass is 443 g/mol. The second-order valence-corrected chi connectivity index (χ2v) is 8.80. The molecule has 0 aliphatic carbocycles. The standard InChI is InChI=1S/C20H14ClN3OS3/c21-17-4-2-1-3-16(17)18-11-28-20(23-18)24-19(25)13-5-7-15(8-6-13)27-10-14-9-26-12-22-14/h1-9,11-12H,10H2,(H,23,24,25). The van der Waals surface area contributed by atoms with Crippen molar-refractivity contribution in [3.05, 3.63) is 81.1 Å². The first-order valence-corrected chi connectivity index (χ1v) is 11.5. The van der Waals surface area contributed by atoms with Crippen LogP contribution in [-0.4, -0.2) is 15.9 Å². The Labute approximate surface area is 179 Å². The number of hydrogen-bond donors (Lipinski definition) is 1. The number of nitrogens with one attached hydrogen (secondary N) is 1. The summed E-state index contributed by atoms with van der Waals surface area (Å²) in [5, 5.41) is 7.96. The molecule has 4 rings (SSSR count). The Balaban J connectivity index is 1.39. The summed E-state index contributed by atoms with van der Waals surface area (Å²) in [5.41, 5.74) is 5.09. The number of carbonyl (C=O) groups excluding carboxylic acids is 1. The summed E-state index contributed by atoms with van der Waals surface area (Å²) in [6.07, 6.45) is 0. The van der Waals surface area contributed by atoms with E-state index in [0.717, 1.165) is 27.6 Å². The molecule has 0 spiro atoms. The number of halogens is 1. The fraction of sp³-hybridized carbons (Fsp3) is 0.0500. The lowest BCUT2D eigenvalue weighted by molar-refractivity contribution is 0.102. The van der Waals surface area contributed by atoms with Crippen molar-refractivity contribution in [2.45, 2.75) is 10.6 Å². The first-order valence-electron chi connectivity index (χ1n) is 8.31. The normalized spacial score (nSPS) is 10.8. The third-order valence-electron chi connectivity index (χ3n) is 3.86. The van der Waals surface area contributed by atoms with Crippen molar-refractivity contribution in [1.82, 2.24) is 9.97 Å². The number of thiazole rings is 2. The first-order chi connectivity index (χ1) is 13.7. The summed E-state index contributed by atoms with van der Waals surface area (Å²) in [6, 6.07) is 15.1. The molecule has 0 radical (unpaired) electrons. The van der Waals surface area contributed by atoms with Crippen LogP contribution in [0.2, 0.25) is 5.02 Å². The average Bonchev–Trinajstić information content (AvgIpc) is 3.39. The zero-order valence-corrected chi connectivity index (χ0v) is 17.7.